The Bertz CT molecular complexity index is 416. The van der Waals surface area contributed by atoms with Gasteiger partial charge in [-0.3, -0.25) is 14.4 Å². The third kappa shape index (κ3) is 3.30. The summed E-state index contributed by atoms with van der Waals surface area (Å²) < 4.78 is 0. The molecular formula is C11H13NO5S. The van der Waals surface area contributed by atoms with Gasteiger partial charge in [-0.1, -0.05) is 17.8 Å². The first-order valence-corrected chi connectivity index (χ1v) is 6.04. The number of carbonyl (C=O) groups excluding carboxylic acids is 2. The zero-order valence-corrected chi connectivity index (χ0v) is 10.6. The summed E-state index contributed by atoms with van der Waals surface area (Å²) in [5.74, 6) is 0.418. The van der Waals surface area contributed by atoms with Gasteiger partial charge in [0.25, 0.3) is 0 Å². The molecule has 6 nitrogen and oxygen atoms in total. The minimum atomic E-state index is -1.20. The maximum atomic E-state index is 11.1. The Morgan fingerprint density at radius 3 is 2.83 bits per heavy atom. The number of aliphatic carboxylic acids is 1. The number of carbonyl (C=O) groups is 2. The first kappa shape index (κ1) is 14.7. The number of carboxylic acids is 1. The van der Waals surface area contributed by atoms with E-state index in [4.69, 9.17) is 9.94 Å². The fourth-order valence-electron chi connectivity index (χ4n) is 1.65. The zero-order valence-electron chi connectivity index (χ0n) is 9.79. The van der Waals surface area contributed by atoms with Gasteiger partial charge < -0.3 is 5.11 Å². The normalized spacial score (nSPS) is 23.7. The van der Waals surface area contributed by atoms with Crippen molar-refractivity contribution in [2.45, 2.75) is 18.2 Å². The Hall–Kier alpha value is -1.40. The maximum absolute atomic E-state index is 11.1. The molecule has 7 heteroatoms. The summed E-state index contributed by atoms with van der Waals surface area (Å²) in [6.07, 6.45) is 1.47. The highest BCUT2D eigenvalue weighted by molar-refractivity contribution is 8.14. The summed E-state index contributed by atoms with van der Waals surface area (Å²) >= 11 is 0.904. The molecule has 0 amide bonds. The van der Waals surface area contributed by atoms with E-state index in [1.54, 1.807) is 5.94 Å². The van der Waals surface area contributed by atoms with Crippen molar-refractivity contribution in [3.63, 3.8) is 0 Å². The molecule has 0 aliphatic carbocycles. The van der Waals surface area contributed by atoms with Crippen LogP contribution < -0.4 is 0 Å². The molecule has 0 aromatic carbocycles. The molecule has 0 aromatic rings. The molecule has 0 spiro atoms. The Balaban J connectivity index is 2.93. The van der Waals surface area contributed by atoms with Gasteiger partial charge in [-0.2, -0.15) is 5.06 Å². The van der Waals surface area contributed by atoms with Crippen molar-refractivity contribution in [2.24, 2.45) is 0 Å². The standard InChI is InChI=1S/C11H13NO5S/c1-3-4-17-12-5-9(18-7(2)14)8(6-13)10(12)11(15)16/h3,9-10H,1,4-5H2,2H3,(H,15,16). The summed E-state index contributed by atoms with van der Waals surface area (Å²) in [6.45, 7) is 5.10. The van der Waals surface area contributed by atoms with Crippen LogP contribution in [-0.2, 0) is 19.2 Å². The van der Waals surface area contributed by atoms with Crippen LogP contribution in [0.2, 0.25) is 0 Å². The van der Waals surface area contributed by atoms with E-state index in [1.165, 1.54) is 18.1 Å². The third-order valence-corrected chi connectivity index (χ3v) is 3.31. The largest absolute Gasteiger partial charge is 0.480 e. The van der Waals surface area contributed by atoms with Crippen molar-refractivity contribution >= 4 is 28.8 Å². The van der Waals surface area contributed by atoms with Crippen LogP contribution in [0.15, 0.2) is 18.2 Å². The topological polar surface area (TPSA) is 83.9 Å². The Labute approximate surface area is 108 Å². The maximum Gasteiger partial charge on any atom is 0.328 e. The van der Waals surface area contributed by atoms with Crippen molar-refractivity contribution < 1.29 is 24.3 Å². The number of hydrogen-bond donors (Lipinski definition) is 1. The number of hydroxylamine groups is 2. The lowest BCUT2D eigenvalue weighted by molar-refractivity contribution is -0.176. The van der Waals surface area contributed by atoms with Crippen molar-refractivity contribution in [1.82, 2.24) is 5.06 Å². The van der Waals surface area contributed by atoms with Gasteiger partial charge >= 0.3 is 5.97 Å². The van der Waals surface area contributed by atoms with E-state index >= 15 is 0 Å². The van der Waals surface area contributed by atoms with E-state index in [1.807, 2.05) is 0 Å². The SMILES string of the molecule is C=CCON1CC(SC(C)=O)C(=C=O)C1C(=O)O. The number of rotatable bonds is 5. The summed E-state index contributed by atoms with van der Waals surface area (Å²) in [7, 11) is 0. The monoisotopic (exact) mass is 271 g/mol. The van der Waals surface area contributed by atoms with Gasteiger partial charge in [-0.15, -0.1) is 6.58 Å². The number of nitrogens with zero attached hydrogens (tertiary/aromatic N) is 1. The van der Waals surface area contributed by atoms with Gasteiger partial charge in [0.15, 0.2) is 11.2 Å². The molecule has 1 aliphatic heterocycles. The fourth-order valence-corrected chi connectivity index (χ4v) is 2.58. The van der Waals surface area contributed by atoms with Crippen LogP contribution in [-0.4, -0.2) is 51.6 Å². The van der Waals surface area contributed by atoms with Crippen LogP contribution in [0.3, 0.4) is 0 Å². The molecule has 1 aliphatic rings. The highest BCUT2D eigenvalue weighted by Gasteiger charge is 2.44. The van der Waals surface area contributed by atoms with E-state index < -0.39 is 17.3 Å². The quantitative estimate of drug-likeness (QED) is 0.568. The second-order valence-corrected chi connectivity index (χ2v) is 4.96. The van der Waals surface area contributed by atoms with Gasteiger partial charge in [0.2, 0.25) is 0 Å². The minimum absolute atomic E-state index is 0.0202. The second-order valence-electron chi connectivity index (χ2n) is 3.58. The average Bonchev–Trinajstić information content (AvgIpc) is 2.63. The predicted octanol–water partition coefficient (Wildman–Crippen LogP) is 0.279. The number of hydrogen-bond acceptors (Lipinski definition) is 6. The molecule has 1 heterocycles. The Morgan fingerprint density at radius 2 is 2.39 bits per heavy atom. The number of thioether (sulfide) groups is 1. The van der Waals surface area contributed by atoms with Crippen LogP contribution >= 0.6 is 11.8 Å². The molecule has 1 N–H and O–H groups in total. The molecule has 98 valence electrons. The van der Waals surface area contributed by atoms with Gasteiger partial charge in [0.05, 0.1) is 17.4 Å². The smallest absolute Gasteiger partial charge is 0.328 e. The van der Waals surface area contributed by atoms with E-state index in [0.717, 1.165) is 11.8 Å². The van der Waals surface area contributed by atoms with Gasteiger partial charge in [-0.05, 0) is 0 Å². The van der Waals surface area contributed by atoms with Crippen LogP contribution in [0.4, 0.5) is 0 Å². The summed E-state index contributed by atoms with van der Waals surface area (Å²) in [6, 6.07) is -1.20. The van der Waals surface area contributed by atoms with Gasteiger partial charge in [0.1, 0.15) is 5.94 Å². The Morgan fingerprint density at radius 1 is 1.72 bits per heavy atom. The molecule has 0 bridgehead atoms. The molecule has 0 aromatic heterocycles. The molecular weight excluding hydrogens is 258 g/mol. The lowest BCUT2D eigenvalue weighted by Crippen LogP contribution is -2.37. The van der Waals surface area contributed by atoms with Gasteiger partial charge in [0, 0.05) is 13.5 Å². The van der Waals surface area contributed by atoms with Crippen LogP contribution in [0, 0.1) is 0 Å². The molecule has 0 radical (unpaired) electrons. The van der Waals surface area contributed by atoms with Crippen molar-refractivity contribution in [3.8, 4) is 0 Å². The molecule has 2 unspecified atom stereocenters. The molecule has 1 fully saturated rings. The number of carboxylic acid groups (broad SMARTS) is 1. The third-order valence-electron chi connectivity index (χ3n) is 2.29. The van der Waals surface area contributed by atoms with Crippen molar-refractivity contribution in [1.29, 1.82) is 0 Å². The highest BCUT2D eigenvalue weighted by atomic mass is 32.2. The van der Waals surface area contributed by atoms with E-state index in [-0.39, 0.29) is 23.8 Å². The van der Waals surface area contributed by atoms with E-state index in [2.05, 4.69) is 6.58 Å². The van der Waals surface area contributed by atoms with Crippen LogP contribution in [0.5, 0.6) is 0 Å². The lowest BCUT2D eigenvalue weighted by atomic mass is 10.1. The summed E-state index contributed by atoms with van der Waals surface area (Å²) in [5.41, 5.74) is 0.0202. The van der Waals surface area contributed by atoms with E-state index in [0.29, 0.717) is 0 Å². The summed E-state index contributed by atoms with van der Waals surface area (Å²) in [4.78, 5) is 38.3. The first-order chi connectivity index (χ1) is 8.51. The van der Waals surface area contributed by atoms with Crippen LogP contribution in [0.1, 0.15) is 6.92 Å². The zero-order chi connectivity index (χ0) is 13.7. The average molecular weight is 271 g/mol. The highest BCUT2D eigenvalue weighted by Crippen LogP contribution is 2.31. The lowest BCUT2D eigenvalue weighted by Gasteiger charge is -2.18. The molecule has 0 saturated carbocycles. The van der Waals surface area contributed by atoms with E-state index in [9.17, 15) is 14.4 Å². The van der Waals surface area contributed by atoms with Crippen LogP contribution in [0.25, 0.3) is 0 Å². The van der Waals surface area contributed by atoms with Crippen molar-refractivity contribution in [2.75, 3.05) is 13.2 Å². The Kier molecular flexibility index (Phi) is 5.30. The predicted molar refractivity (Wildman–Crippen MR) is 65.5 cm³/mol. The van der Waals surface area contributed by atoms with Gasteiger partial charge in [-0.25, -0.2) is 4.79 Å². The molecule has 18 heavy (non-hydrogen) atoms. The fraction of sp³-hybridized carbons (Fsp3) is 0.455. The molecule has 1 rings (SSSR count). The minimum Gasteiger partial charge on any atom is -0.480 e. The molecule has 2 atom stereocenters. The van der Waals surface area contributed by atoms with Crippen molar-refractivity contribution in [3.05, 3.63) is 18.2 Å². The molecule has 1 saturated heterocycles. The first-order valence-electron chi connectivity index (χ1n) is 5.16. The summed E-state index contributed by atoms with van der Waals surface area (Å²) in [5, 5.41) is 9.54. The second kappa shape index (κ2) is 6.51.